The zero-order valence-corrected chi connectivity index (χ0v) is 11.4. The largest absolute Gasteiger partial charge is 0.383 e. The maximum Gasteiger partial charge on any atom is 0.319 e. The van der Waals surface area contributed by atoms with Crippen LogP contribution in [0.25, 0.3) is 0 Å². The van der Waals surface area contributed by atoms with Crippen molar-refractivity contribution < 1.29 is 9.53 Å². The Kier molecular flexibility index (Phi) is 5.71. The van der Waals surface area contributed by atoms with Gasteiger partial charge in [0.25, 0.3) is 0 Å². The Labute approximate surface area is 104 Å². The number of urea groups is 1. The Balaban J connectivity index is 2.28. The molecule has 0 aromatic carbocycles. The number of ether oxygens (including phenoxy) is 1. The quantitative estimate of drug-likeness (QED) is 0.793. The van der Waals surface area contributed by atoms with Crippen LogP contribution in [0.15, 0.2) is 0 Å². The van der Waals surface area contributed by atoms with E-state index in [2.05, 4.69) is 12.2 Å². The Morgan fingerprint density at radius 2 is 2.06 bits per heavy atom. The molecular formula is C12H25N3O2. The zero-order chi connectivity index (χ0) is 12.8. The van der Waals surface area contributed by atoms with Gasteiger partial charge in [-0.15, -0.1) is 0 Å². The van der Waals surface area contributed by atoms with E-state index in [0.29, 0.717) is 12.1 Å². The number of amides is 2. The molecule has 0 radical (unpaired) electrons. The number of carbonyl (C=O) groups is 1. The average Bonchev–Trinajstić information content (AvgIpc) is 2.29. The topological polar surface area (TPSA) is 44.8 Å². The molecule has 5 nitrogen and oxygen atoms in total. The van der Waals surface area contributed by atoms with Crippen molar-refractivity contribution in [2.45, 2.75) is 31.8 Å². The number of nitrogens with one attached hydrogen (secondary N) is 1. The SMILES string of the molecule is COCC(C)NC1CCN(C(=O)N(C)C)CC1. The van der Waals surface area contributed by atoms with Crippen molar-refractivity contribution in [2.75, 3.05) is 40.9 Å². The summed E-state index contributed by atoms with van der Waals surface area (Å²) in [7, 11) is 5.32. The summed E-state index contributed by atoms with van der Waals surface area (Å²) in [5.74, 6) is 0. The van der Waals surface area contributed by atoms with Gasteiger partial charge in [0.1, 0.15) is 0 Å². The van der Waals surface area contributed by atoms with E-state index >= 15 is 0 Å². The molecule has 1 saturated heterocycles. The summed E-state index contributed by atoms with van der Waals surface area (Å²) in [5, 5.41) is 3.53. The van der Waals surface area contributed by atoms with E-state index in [4.69, 9.17) is 4.74 Å². The highest BCUT2D eigenvalue weighted by Crippen LogP contribution is 2.12. The van der Waals surface area contributed by atoms with E-state index in [9.17, 15) is 4.79 Å². The standard InChI is InChI=1S/C12H25N3O2/c1-10(9-17-4)13-11-5-7-15(8-6-11)12(16)14(2)3/h10-11,13H,5-9H2,1-4H3. The molecule has 1 rings (SSSR count). The molecule has 0 saturated carbocycles. The van der Waals surface area contributed by atoms with Crippen LogP contribution in [0.4, 0.5) is 4.79 Å². The highest BCUT2D eigenvalue weighted by atomic mass is 16.5. The van der Waals surface area contributed by atoms with E-state index in [1.807, 2.05) is 4.90 Å². The zero-order valence-electron chi connectivity index (χ0n) is 11.4. The molecule has 1 N–H and O–H groups in total. The molecule has 1 atom stereocenters. The maximum atomic E-state index is 11.7. The number of nitrogens with zero attached hydrogens (tertiary/aromatic N) is 2. The fraction of sp³-hybridized carbons (Fsp3) is 0.917. The lowest BCUT2D eigenvalue weighted by Crippen LogP contribution is -2.50. The van der Waals surface area contributed by atoms with E-state index in [1.165, 1.54) is 0 Å². The summed E-state index contributed by atoms with van der Waals surface area (Å²) in [4.78, 5) is 15.3. The molecule has 0 aromatic heterocycles. The first kappa shape index (κ1) is 14.3. The van der Waals surface area contributed by atoms with Gasteiger partial charge in [0.2, 0.25) is 0 Å². The lowest BCUT2D eigenvalue weighted by atomic mass is 10.0. The Hall–Kier alpha value is -0.810. The molecule has 100 valence electrons. The molecule has 5 heteroatoms. The highest BCUT2D eigenvalue weighted by molar-refractivity contribution is 5.73. The van der Waals surface area contributed by atoms with Crippen molar-refractivity contribution in [1.29, 1.82) is 0 Å². The summed E-state index contributed by atoms with van der Waals surface area (Å²) in [6.45, 7) is 4.54. The number of rotatable bonds is 4. The highest BCUT2D eigenvalue weighted by Gasteiger charge is 2.24. The molecule has 0 bridgehead atoms. The van der Waals surface area contributed by atoms with Crippen molar-refractivity contribution in [3.63, 3.8) is 0 Å². The molecule has 0 aromatic rings. The van der Waals surface area contributed by atoms with Gasteiger partial charge >= 0.3 is 6.03 Å². The molecule has 2 amide bonds. The fourth-order valence-corrected chi connectivity index (χ4v) is 2.22. The van der Waals surface area contributed by atoms with Crippen molar-refractivity contribution in [3.05, 3.63) is 0 Å². The molecule has 17 heavy (non-hydrogen) atoms. The number of hydrogen-bond donors (Lipinski definition) is 1. The fourth-order valence-electron chi connectivity index (χ4n) is 2.22. The molecule has 0 aliphatic carbocycles. The average molecular weight is 243 g/mol. The van der Waals surface area contributed by atoms with E-state index < -0.39 is 0 Å². The van der Waals surface area contributed by atoms with Crippen LogP contribution in [0.5, 0.6) is 0 Å². The Morgan fingerprint density at radius 1 is 1.47 bits per heavy atom. The van der Waals surface area contributed by atoms with Crippen molar-refractivity contribution in [2.24, 2.45) is 0 Å². The molecular weight excluding hydrogens is 218 g/mol. The van der Waals surface area contributed by atoms with E-state index in [1.54, 1.807) is 26.1 Å². The summed E-state index contributed by atoms with van der Waals surface area (Å²) in [6, 6.07) is 1.00. The van der Waals surface area contributed by atoms with Gasteiger partial charge in [0, 0.05) is 46.4 Å². The normalized spacial score (nSPS) is 19.2. The van der Waals surface area contributed by atoms with Crippen LogP contribution in [0.1, 0.15) is 19.8 Å². The number of piperidine rings is 1. The first-order valence-corrected chi connectivity index (χ1v) is 6.25. The molecule has 1 aliphatic rings. The van der Waals surface area contributed by atoms with Crippen LogP contribution < -0.4 is 5.32 Å². The van der Waals surface area contributed by atoms with Gasteiger partial charge in [-0.05, 0) is 19.8 Å². The molecule has 1 aliphatic heterocycles. The molecule has 1 unspecified atom stereocenters. The van der Waals surface area contributed by atoms with Gasteiger partial charge in [0.05, 0.1) is 6.61 Å². The van der Waals surface area contributed by atoms with Gasteiger partial charge in [-0.1, -0.05) is 0 Å². The van der Waals surface area contributed by atoms with Gasteiger partial charge in [-0.3, -0.25) is 0 Å². The third-order valence-electron chi connectivity index (χ3n) is 3.08. The minimum absolute atomic E-state index is 0.119. The minimum atomic E-state index is 0.119. The number of carbonyl (C=O) groups excluding carboxylic acids is 1. The predicted octanol–water partition coefficient (Wildman–Crippen LogP) is 0.757. The van der Waals surface area contributed by atoms with Crippen LogP contribution in [0, 0.1) is 0 Å². The molecule has 1 fully saturated rings. The van der Waals surface area contributed by atoms with Crippen LogP contribution in [0.2, 0.25) is 0 Å². The minimum Gasteiger partial charge on any atom is -0.383 e. The van der Waals surface area contributed by atoms with Gasteiger partial charge in [-0.25, -0.2) is 4.79 Å². The summed E-state index contributed by atoms with van der Waals surface area (Å²) >= 11 is 0. The lowest BCUT2D eigenvalue weighted by molar-refractivity contribution is 0.138. The van der Waals surface area contributed by atoms with Crippen LogP contribution in [0.3, 0.4) is 0 Å². The smallest absolute Gasteiger partial charge is 0.319 e. The van der Waals surface area contributed by atoms with Crippen LogP contribution in [-0.4, -0.2) is 68.8 Å². The Bertz CT molecular complexity index is 238. The number of likely N-dealkylation sites (tertiary alicyclic amines) is 1. The maximum absolute atomic E-state index is 11.7. The van der Waals surface area contributed by atoms with Gasteiger partial charge in [-0.2, -0.15) is 0 Å². The first-order valence-electron chi connectivity index (χ1n) is 6.25. The van der Waals surface area contributed by atoms with Crippen molar-refractivity contribution in [1.82, 2.24) is 15.1 Å². The third-order valence-corrected chi connectivity index (χ3v) is 3.08. The lowest BCUT2D eigenvalue weighted by Gasteiger charge is -2.35. The summed E-state index contributed by atoms with van der Waals surface area (Å²) < 4.78 is 5.10. The Morgan fingerprint density at radius 3 is 2.53 bits per heavy atom. The summed E-state index contributed by atoms with van der Waals surface area (Å²) in [6.07, 6.45) is 2.04. The van der Waals surface area contributed by atoms with Crippen LogP contribution in [-0.2, 0) is 4.74 Å². The molecule has 1 heterocycles. The monoisotopic (exact) mass is 243 g/mol. The second kappa shape index (κ2) is 6.81. The van der Waals surface area contributed by atoms with Gasteiger partial charge in [0.15, 0.2) is 0 Å². The van der Waals surface area contributed by atoms with E-state index in [0.717, 1.165) is 32.5 Å². The first-order chi connectivity index (χ1) is 8.04. The van der Waals surface area contributed by atoms with Gasteiger partial charge < -0.3 is 19.9 Å². The number of methoxy groups -OCH3 is 1. The number of hydrogen-bond acceptors (Lipinski definition) is 3. The van der Waals surface area contributed by atoms with Crippen LogP contribution >= 0.6 is 0 Å². The second-order valence-electron chi connectivity index (χ2n) is 4.96. The molecule has 0 spiro atoms. The van der Waals surface area contributed by atoms with Crippen molar-refractivity contribution >= 4 is 6.03 Å². The van der Waals surface area contributed by atoms with Crippen molar-refractivity contribution in [3.8, 4) is 0 Å². The third kappa shape index (κ3) is 4.52. The van der Waals surface area contributed by atoms with E-state index in [-0.39, 0.29) is 6.03 Å². The predicted molar refractivity (Wildman–Crippen MR) is 68.2 cm³/mol. The second-order valence-corrected chi connectivity index (χ2v) is 4.96. The summed E-state index contributed by atoms with van der Waals surface area (Å²) in [5.41, 5.74) is 0.